The lowest BCUT2D eigenvalue weighted by Gasteiger charge is -2.20. The number of carbonyl (C=O) groups is 1. The van der Waals surface area contributed by atoms with Crippen molar-refractivity contribution in [1.29, 1.82) is 0 Å². The number of pyridine rings is 1. The van der Waals surface area contributed by atoms with E-state index >= 15 is 0 Å². The highest BCUT2D eigenvalue weighted by molar-refractivity contribution is 7.09. The summed E-state index contributed by atoms with van der Waals surface area (Å²) in [4.78, 5) is 23.5. The van der Waals surface area contributed by atoms with Crippen molar-refractivity contribution in [3.8, 4) is 0 Å². The van der Waals surface area contributed by atoms with Crippen LogP contribution in [0.2, 0.25) is 0 Å². The number of nitrogens with one attached hydrogen (secondary N) is 1. The molecule has 6 heteroatoms. The summed E-state index contributed by atoms with van der Waals surface area (Å²) in [5.74, 6) is 0.933. The van der Waals surface area contributed by atoms with Gasteiger partial charge in [0.1, 0.15) is 5.69 Å². The summed E-state index contributed by atoms with van der Waals surface area (Å²) in [5.41, 5.74) is 1.84. The van der Waals surface area contributed by atoms with Crippen LogP contribution >= 0.6 is 11.3 Å². The number of nitrogens with zero attached hydrogens (tertiary/aromatic N) is 3. The van der Waals surface area contributed by atoms with E-state index in [1.165, 1.54) is 18.4 Å². The summed E-state index contributed by atoms with van der Waals surface area (Å²) in [6.45, 7) is 3.64. The molecule has 126 valence electrons. The van der Waals surface area contributed by atoms with Crippen LogP contribution < -0.4 is 5.32 Å². The van der Waals surface area contributed by atoms with Gasteiger partial charge in [-0.15, -0.1) is 11.3 Å². The number of hydrogen-bond donors (Lipinski definition) is 1. The Kier molecular flexibility index (Phi) is 4.58. The third-order valence-corrected chi connectivity index (χ3v) is 6.03. The number of thiazole rings is 1. The van der Waals surface area contributed by atoms with Crippen LogP contribution in [0.4, 0.5) is 0 Å². The van der Waals surface area contributed by atoms with Gasteiger partial charge < -0.3 is 10.2 Å². The lowest BCUT2D eigenvalue weighted by atomic mass is 10.0. The first-order valence-electron chi connectivity index (χ1n) is 8.66. The topological polar surface area (TPSA) is 58.1 Å². The van der Waals surface area contributed by atoms with Gasteiger partial charge in [0.15, 0.2) is 0 Å². The number of aromatic nitrogens is 2. The van der Waals surface area contributed by atoms with Gasteiger partial charge >= 0.3 is 0 Å². The maximum atomic E-state index is 12.8. The molecule has 0 unspecified atom stereocenters. The molecule has 2 aliphatic heterocycles. The van der Waals surface area contributed by atoms with Gasteiger partial charge in [0, 0.05) is 49.2 Å². The van der Waals surface area contributed by atoms with E-state index in [1.54, 1.807) is 17.5 Å². The number of amides is 1. The zero-order chi connectivity index (χ0) is 16.4. The molecule has 2 aromatic rings. The fraction of sp³-hybridized carbons (Fsp3) is 0.500. The number of carbonyl (C=O) groups excluding carboxylic acids is 1. The molecule has 2 saturated heterocycles. The SMILES string of the molecule is O=C(c1csc([C@H]2CCCNC2)n1)N1CC[C@H](c2cccnc2)C1. The van der Waals surface area contributed by atoms with Gasteiger partial charge in [0.05, 0.1) is 5.01 Å². The summed E-state index contributed by atoms with van der Waals surface area (Å²) < 4.78 is 0. The minimum Gasteiger partial charge on any atom is -0.337 e. The molecular formula is C18H22N4OS. The van der Waals surface area contributed by atoms with Crippen molar-refractivity contribution >= 4 is 17.2 Å². The molecular weight excluding hydrogens is 320 g/mol. The van der Waals surface area contributed by atoms with E-state index in [0.717, 1.165) is 37.6 Å². The first-order chi connectivity index (χ1) is 11.8. The molecule has 2 fully saturated rings. The number of piperidine rings is 1. The maximum Gasteiger partial charge on any atom is 0.273 e. The lowest BCUT2D eigenvalue weighted by Crippen LogP contribution is -2.30. The highest BCUT2D eigenvalue weighted by Crippen LogP contribution is 2.29. The highest BCUT2D eigenvalue weighted by atomic mass is 32.1. The highest BCUT2D eigenvalue weighted by Gasteiger charge is 2.30. The van der Waals surface area contributed by atoms with Gasteiger partial charge in [0.2, 0.25) is 0 Å². The van der Waals surface area contributed by atoms with E-state index in [-0.39, 0.29) is 5.91 Å². The predicted molar refractivity (Wildman–Crippen MR) is 94.5 cm³/mol. The first-order valence-corrected chi connectivity index (χ1v) is 9.54. The Morgan fingerprint density at radius 2 is 2.29 bits per heavy atom. The Balaban J connectivity index is 1.42. The van der Waals surface area contributed by atoms with Crippen molar-refractivity contribution in [1.82, 2.24) is 20.2 Å². The van der Waals surface area contributed by atoms with Gasteiger partial charge in [-0.1, -0.05) is 6.07 Å². The molecule has 2 atom stereocenters. The Labute approximate surface area is 146 Å². The second-order valence-corrected chi connectivity index (χ2v) is 7.53. The van der Waals surface area contributed by atoms with E-state index in [4.69, 9.17) is 0 Å². The molecule has 2 aliphatic rings. The molecule has 0 bridgehead atoms. The summed E-state index contributed by atoms with van der Waals surface area (Å²) >= 11 is 1.63. The predicted octanol–water partition coefficient (Wildman–Crippen LogP) is 2.63. The zero-order valence-electron chi connectivity index (χ0n) is 13.6. The van der Waals surface area contributed by atoms with Crippen LogP contribution in [0.1, 0.15) is 52.2 Å². The molecule has 0 saturated carbocycles. The molecule has 1 N–H and O–H groups in total. The second-order valence-electron chi connectivity index (χ2n) is 6.64. The quantitative estimate of drug-likeness (QED) is 0.932. The number of hydrogen-bond acceptors (Lipinski definition) is 5. The Morgan fingerprint density at radius 1 is 1.33 bits per heavy atom. The largest absolute Gasteiger partial charge is 0.337 e. The van der Waals surface area contributed by atoms with Crippen LogP contribution in [0, 0.1) is 0 Å². The summed E-state index contributed by atoms with van der Waals surface area (Å²) in [5, 5.41) is 6.46. The number of likely N-dealkylation sites (tertiary alicyclic amines) is 1. The van der Waals surface area contributed by atoms with Crippen LogP contribution in [0.25, 0.3) is 0 Å². The molecule has 0 spiro atoms. The van der Waals surface area contributed by atoms with Gasteiger partial charge in [-0.2, -0.15) is 0 Å². The molecule has 1 amide bonds. The summed E-state index contributed by atoms with van der Waals surface area (Å²) in [6.07, 6.45) is 7.06. The van der Waals surface area contributed by atoms with Crippen LogP contribution in [0.15, 0.2) is 29.9 Å². The normalized spacial score (nSPS) is 24.2. The van der Waals surface area contributed by atoms with Gasteiger partial charge in [-0.25, -0.2) is 4.98 Å². The zero-order valence-corrected chi connectivity index (χ0v) is 14.5. The van der Waals surface area contributed by atoms with Crippen molar-refractivity contribution in [2.45, 2.75) is 31.1 Å². The van der Waals surface area contributed by atoms with E-state index in [1.807, 2.05) is 22.5 Å². The molecule has 0 aliphatic carbocycles. The fourth-order valence-corrected chi connectivity index (χ4v) is 4.56. The van der Waals surface area contributed by atoms with Gasteiger partial charge in [0.25, 0.3) is 5.91 Å². The van der Waals surface area contributed by atoms with E-state index < -0.39 is 0 Å². The summed E-state index contributed by atoms with van der Waals surface area (Å²) in [7, 11) is 0. The second kappa shape index (κ2) is 6.99. The maximum absolute atomic E-state index is 12.8. The van der Waals surface area contributed by atoms with Gasteiger partial charge in [-0.3, -0.25) is 9.78 Å². The van der Waals surface area contributed by atoms with E-state index in [2.05, 4.69) is 21.4 Å². The molecule has 5 nitrogen and oxygen atoms in total. The Hall–Kier alpha value is -1.79. The average molecular weight is 342 g/mol. The van der Waals surface area contributed by atoms with E-state index in [9.17, 15) is 4.79 Å². The Morgan fingerprint density at radius 3 is 3.08 bits per heavy atom. The van der Waals surface area contributed by atoms with Crippen molar-refractivity contribution in [3.63, 3.8) is 0 Å². The van der Waals surface area contributed by atoms with Gasteiger partial charge in [-0.05, 0) is 37.4 Å². The fourth-order valence-electron chi connectivity index (χ4n) is 3.63. The minimum absolute atomic E-state index is 0.0765. The molecule has 4 heterocycles. The summed E-state index contributed by atoms with van der Waals surface area (Å²) in [6, 6.07) is 4.06. The van der Waals surface area contributed by atoms with Crippen molar-refractivity contribution in [2.24, 2.45) is 0 Å². The smallest absolute Gasteiger partial charge is 0.273 e. The lowest BCUT2D eigenvalue weighted by molar-refractivity contribution is 0.0785. The Bertz CT molecular complexity index is 696. The van der Waals surface area contributed by atoms with Crippen LogP contribution in [-0.2, 0) is 0 Å². The minimum atomic E-state index is 0.0765. The van der Waals surface area contributed by atoms with E-state index in [0.29, 0.717) is 17.5 Å². The van der Waals surface area contributed by atoms with Crippen molar-refractivity contribution < 1.29 is 4.79 Å². The average Bonchev–Trinajstić information content (AvgIpc) is 3.33. The standard InChI is InChI=1S/C18H22N4OS/c23-18(16-12-24-17(21-16)14-4-2-7-20-10-14)22-8-5-15(11-22)13-3-1-6-19-9-13/h1,3,6,9,12,14-15,20H,2,4-5,7-8,10-11H2/t14-,15-/m0/s1. The van der Waals surface area contributed by atoms with Crippen LogP contribution in [0.3, 0.4) is 0 Å². The van der Waals surface area contributed by atoms with Crippen molar-refractivity contribution in [3.05, 3.63) is 46.2 Å². The molecule has 4 rings (SSSR count). The third-order valence-electron chi connectivity index (χ3n) is 5.02. The third kappa shape index (κ3) is 3.21. The van der Waals surface area contributed by atoms with Crippen LogP contribution in [-0.4, -0.2) is 47.0 Å². The molecule has 2 aromatic heterocycles. The number of rotatable bonds is 3. The molecule has 24 heavy (non-hydrogen) atoms. The molecule has 0 aromatic carbocycles. The molecule has 0 radical (unpaired) electrons. The first kappa shape index (κ1) is 15.7. The van der Waals surface area contributed by atoms with Crippen molar-refractivity contribution in [2.75, 3.05) is 26.2 Å². The monoisotopic (exact) mass is 342 g/mol. The van der Waals surface area contributed by atoms with Crippen LogP contribution in [0.5, 0.6) is 0 Å².